The molecule has 4 nitrogen and oxygen atoms in total. The topological polar surface area (TPSA) is 42.7 Å². The summed E-state index contributed by atoms with van der Waals surface area (Å²) in [4.78, 5) is 1.35. The maximum Gasteiger partial charge on any atom is 0.149 e. The van der Waals surface area contributed by atoms with Gasteiger partial charge in [0.25, 0.3) is 0 Å². The Balaban J connectivity index is 1.42. The molecule has 2 aromatic heterocycles. The van der Waals surface area contributed by atoms with E-state index in [0.717, 1.165) is 31.2 Å². The molecule has 1 atom stereocenters. The van der Waals surface area contributed by atoms with Crippen molar-refractivity contribution in [1.82, 2.24) is 20.1 Å². The third-order valence-electron chi connectivity index (χ3n) is 4.87. The molecule has 5 heteroatoms. The molecular formula is C20H24N4S. The van der Waals surface area contributed by atoms with Gasteiger partial charge in [-0.25, -0.2) is 0 Å². The number of nitrogens with one attached hydrogen (secondary N) is 1. The molecule has 0 bridgehead atoms. The van der Waals surface area contributed by atoms with Crippen molar-refractivity contribution >= 4 is 11.3 Å². The zero-order valence-corrected chi connectivity index (χ0v) is 15.4. The second-order valence-electron chi connectivity index (χ2n) is 6.71. The van der Waals surface area contributed by atoms with E-state index in [1.165, 1.54) is 35.3 Å². The van der Waals surface area contributed by atoms with Crippen LogP contribution in [0.2, 0.25) is 0 Å². The average molecular weight is 353 g/mol. The molecule has 1 aliphatic rings. The first kappa shape index (κ1) is 16.5. The average Bonchev–Trinajstić information content (AvgIpc) is 3.22. The molecule has 0 unspecified atom stereocenters. The summed E-state index contributed by atoms with van der Waals surface area (Å²) in [5.74, 6) is 2.24. The van der Waals surface area contributed by atoms with E-state index < -0.39 is 0 Å². The Morgan fingerprint density at radius 3 is 2.88 bits per heavy atom. The first-order chi connectivity index (χ1) is 12.3. The minimum atomic E-state index is 0.210. The molecule has 25 heavy (non-hydrogen) atoms. The highest BCUT2D eigenvalue weighted by Crippen LogP contribution is 2.26. The van der Waals surface area contributed by atoms with Gasteiger partial charge in [0.2, 0.25) is 0 Å². The van der Waals surface area contributed by atoms with Gasteiger partial charge >= 0.3 is 0 Å². The van der Waals surface area contributed by atoms with Crippen LogP contribution in [0.5, 0.6) is 0 Å². The van der Waals surface area contributed by atoms with Crippen molar-refractivity contribution in [2.45, 2.75) is 51.7 Å². The number of hydrogen-bond acceptors (Lipinski definition) is 4. The maximum atomic E-state index is 4.46. The molecular weight excluding hydrogens is 328 g/mol. The molecule has 130 valence electrons. The van der Waals surface area contributed by atoms with Crippen molar-refractivity contribution in [3.8, 4) is 11.1 Å². The molecule has 4 rings (SSSR count). The Morgan fingerprint density at radius 1 is 1.12 bits per heavy atom. The van der Waals surface area contributed by atoms with Crippen LogP contribution in [0.4, 0.5) is 0 Å². The lowest BCUT2D eigenvalue weighted by atomic mass is 10.1. The van der Waals surface area contributed by atoms with Crippen LogP contribution in [-0.2, 0) is 19.5 Å². The van der Waals surface area contributed by atoms with Gasteiger partial charge in [0.05, 0.1) is 6.04 Å². The Kier molecular flexibility index (Phi) is 4.95. The summed E-state index contributed by atoms with van der Waals surface area (Å²) < 4.78 is 2.33. The number of hydrogen-bond donors (Lipinski definition) is 1. The van der Waals surface area contributed by atoms with E-state index in [9.17, 15) is 0 Å². The zero-order valence-electron chi connectivity index (χ0n) is 14.6. The van der Waals surface area contributed by atoms with Gasteiger partial charge in [0.15, 0.2) is 0 Å². The number of fused-ring (bicyclic) bond motifs is 1. The second kappa shape index (κ2) is 7.50. The normalized spacial score (nSPS) is 15.6. The minimum absolute atomic E-state index is 0.210. The van der Waals surface area contributed by atoms with E-state index in [0.29, 0.717) is 0 Å². The predicted molar refractivity (Wildman–Crippen MR) is 103 cm³/mol. The number of benzene rings is 1. The molecule has 0 saturated heterocycles. The number of aryl methyl sites for hydroxylation is 1. The number of thiophene rings is 1. The lowest BCUT2D eigenvalue weighted by molar-refractivity contribution is 0.504. The van der Waals surface area contributed by atoms with E-state index >= 15 is 0 Å². The molecule has 0 aliphatic carbocycles. The molecule has 1 aliphatic heterocycles. The van der Waals surface area contributed by atoms with Crippen LogP contribution in [0.1, 0.15) is 48.8 Å². The summed E-state index contributed by atoms with van der Waals surface area (Å²) in [6.45, 7) is 4.11. The lowest BCUT2D eigenvalue weighted by Crippen LogP contribution is -2.22. The summed E-state index contributed by atoms with van der Waals surface area (Å²) >= 11 is 1.81. The fourth-order valence-corrected chi connectivity index (χ4v) is 4.27. The van der Waals surface area contributed by atoms with E-state index in [1.807, 2.05) is 11.3 Å². The molecule has 0 amide bonds. The number of rotatable bonds is 5. The van der Waals surface area contributed by atoms with E-state index in [4.69, 9.17) is 0 Å². The summed E-state index contributed by atoms with van der Waals surface area (Å²) in [5, 5.41) is 14.7. The summed E-state index contributed by atoms with van der Waals surface area (Å²) in [5.41, 5.74) is 2.58. The minimum Gasteiger partial charge on any atom is -0.314 e. The quantitative estimate of drug-likeness (QED) is 0.731. The van der Waals surface area contributed by atoms with Crippen LogP contribution in [0.15, 0.2) is 41.8 Å². The van der Waals surface area contributed by atoms with Crippen LogP contribution in [0, 0.1) is 0 Å². The van der Waals surface area contributed by atoms with Crippen LogP contribution in [-0.4, -0.2) is 14.8 Å². The van der Waals surface area contributed by atoms with Gasteiger partial charge in [0.1, 0.15) is 11.6 Å². The fourth-order valence-electron chi connectivity index (χ4n) is 3.43. The monoisotopic (exact) mass is 352 g/mol. The molecule has 3 aromatic rings. The molecule has 1 N–H and O–H groups in total. The van der Waals surface area contributed by atoms with Crippen LogP contribution in [0.3, 0.4) is 0 Å². The second-order valence-corrected chi connectivity index (χ2v) is 7.70. The zero-order chi connectivity index (χ0) is 17.1. The summed E-state index contributed by atoms with van der Waals surface area (Å²) in [6.07, 6.45) is 4.82. The van der Waals surface area contributed by atoms with Crippen molar-refractivity contribution in [1.29, 1.82) is 0 Å². The lowest BCUT2D eigenvalue weighted by Gasteiger charge is -2.14. The van der Waals surface area contributed by atoms with Gasteiger partial charge in [-0.15, -0.1) is 21.5 Å². The van der Waals surface area contributed by atoms with Gasteiger partial charge in [-0.05, 0) is 42.3 Å². The smallest absolute Gasteiger partial charge is 0.149 e. The van der Waals surface area contributed by atoms with Crippen molar-refractivity contribution in [2.75, 3.05) is 0 Å². The largest absolute Gasteiger partial charge is 0.314 e. The fraction of sp³-hybridized carbons (Fsp3) is 0.400. The molecule has 0 spiro atoms. The van der Waals surface area contributed by atoms with Crippen LogP contribution < -0.4 is 5.32 Å². The molecule has 3 heterocycles. The van der Waals surface area contributed by atoms with Gasteiger partial charge in [-0.3, -0.25) is 0 Å². The molecule has 1 aromatic carbocycles. The van der Waals surface area contributed by atoms with Crippen molar-refractivity contribution in [3.05, 3.63) is 58.3 Å². The summed E-state index contributed by atoms with van der Waals surface area (Å²) in [7, 11) is 0. The Labute approximate surface area is 152 Å². The van der Waals surface area contributed by atoms with E-state index in [1.54, 1.807) is 0 Å². The number of aromatic nitrogens is 3. The summed E-state index contributed by atoms with van der Waals surface area (Å²) in [6, 6.07) is 13.0. The first-order valence-electron chi connectivity index (χ1n) is 9.09. The maximum absolute atomic E-state index is 4.46. The third-order valence-corrected chi connectivity index (χ3v) is 5.81. The SMILES string of the molecule is C[C@@H](NCc1cc(-c2ccccc2)cs1)c1nnc2n1CCCCC2. The van der Waals surface area contributed by atoms with Crippen LogP contribution in [0.25, 0.3) is 11.1 Å². The first-order valence-corrected chi connectivity index (χ1v) is 9.97. The third kappa shape index (κ3) is 3.67. The Morgan fingerprint density at radius 2 is 2.00 bits per heavy atom. The highest BCUT2D eigenvalue weighted by molar-refractivity contribution is 7.10. The predicted octanol–water partition coefficient (Wildman–Crippen LogP) is 4.58. The van der Waals surface area contributed by atoms with Crippen molar-refractivity contribution in [3.63, 3.8) is 0 Å². The van der Waals surface area contributed by atoms with E-state index in [-0.39, 0.29) is 6.04 Å². The van der Waals surface area contributed by atoms with Crippen molar-refractivity contribution < 1.29 is 0 Å². The van der Waals surface area contributed by atoms with Gasteiger partial charge in [-0.2, -0.15) is 0 Å². The number of nitrogens with zero attached hydrogens (tertiary/aromatic N) is 3. The van der Waals surface area contributed by atoms with Crippen molar-refractivity contribution in [2.24, 2.45) is 0 Å². The van der Waals surface area contributed by atoms with Crippen LogP contribution >= 0.6 is 11.3 Å². The molecule has 0 fully saturated rings. The van der Waals surface area contributed by atoms with E-state index in [2.05, 4.69) is 68.8 Å². The molecule has 0 radical (unpaired) electrons. The Hall–Kier alpha value is -1.98. The highest BCUT2D eigenvalue weighted by Gasteiger charge is 2.19. The van der Waals surface area contributed by atoms with Gasteiger partial charge < -0.3 is 9.88 Å². The van der Waals surface area contributed by atoms with Gasteiger partial charge in [-0.1, -0.05) is 36.8 Å². The van der Waals surface area contributed by atoms with Gasteiger partial charge in [0, 0.05) is 24.4 Å². The highest BCUT2D eigenvalue weighted by atomic mass is 32.1. The molecule has 0 saturated carbocycles. The Bertz CT molecular complexity index is 821. The standard InChI is InChI=1S/C20H24N4S/c1-15(20-23-22-19-10-6-3-7-11-24(19)20)21-13-18-12-17(14-25-18)16-8-4-2-5-9-16/h2,4-5,8-9,12,14-15,21H,3,6-7,10-11,13H2,1H3/t15-/m1/s1.